The zero-order valence-corrected chi connectivity index (χ0v) is 15.6. The predicted octanol–water partition coefficient (Wildman–Crippen LogP) is 3.92. The summed E-state index contributed by atoms with van der Waals surface area (Å²) in [6.07, 6.45) is 2.15. The van der Waals surface area contributed by atoms with Gasteiger partial charge in [0.05, 0.1) is 23.3 Å². The van der Waals surface area contributed by atoms with Crippen LogP contribution in [0.3, 0.4) is 0 Å². The number of rotatable bonds is 7. The minimum atomic E-state index is -0.105. The summed E-state index contributed by atoms with van der Waals surface area (Å²) in [6, 6.07) is 17.5. The fourth-order valence-corrected chi connectivity index (χ4v) is 3.40. The third-order valence-corrected chi connectivity index (χ3v) is 4.96. The number of hydrogen-bond donors (Lipinski definition) is 1. The summed E-state index contributed by atoms with van der Waals surface area (Å²) in [5, 5.41) is 3.44. The number of benzene rings is 2. The summed E-state index contributed by atoms with van der Waals surface area (Å²) in [6.45, 7) is 4.35. The Morgan fingerprint density at radius 2 is 1.88 bits per heavy atom. The molecule has 1 unspecified atom stereocenters. The molecule has 0 radical (unpaired) electrons. The molecule has 3 rings (SSSR count). The Morgan fingerprint density at radius 1 is 1.12 bits per heavy atom. The zero-order chi connectivity index (χ0) is 18.2. The Bertz CT molecular complexity index is 708. The Balaban J connectivity index is 1.36. The van der Waals surface area contributed by atoms with Crippen LogP contribution < -0.4 is 5.32 Å². The average molecular weight is 373 g/mol. The molecule has 1 heterocycles. The van der Waals surface area contributed by atoms with Crippen molar-refractivity contribution in [2.45, 2.75) is 18.9 Å². The molecule has 26 heavy (non-hydrogen) atoms. The smallest absolute Gasteiger partial charge is 0.252 e. The molecule has 5 heteroatoms. The summed E-state index contributed by atoms with van der Waals surface area (Å²) in [5.41, 5.74) is 1.78. The van der Waals surface area contributed by atoms with Crippen LogP contribution in [0, 0.1) is 0 Å². The molecule has 1 saturated heterocycles. The number of ether oxygens (including phenoxy) is 1. The Labute approximate surface area is 160 Å². The van der Waals surface area contributed by atoms with Crippen LogP contribution >= 0.6 is 11.6 Å². The van der Waals surface area contributed by atoms with Gasteiger partial charge in [-0.05, 0) is 37.1 Å². The van der Waals surface area contributed by atoms with Crippen molar-refractivity contribution in [3.05, 3.63) is 70.7 Å². The maximum absolute atomic E-state index is 12.1. The molecule has 1 atom stereocenters. The standard InChI is InChI=1S/C21H25ClN2O2/c22-19-11-5-4-10-18(19)21(25)23-12-6-7-13-24-14-15-26-20(16-24)17-8-2-1-3-9-17/h1-5,8-11,20H,6-7,12-16H2,(H,23,25). The Kier molecular flexibility index (Phi) is 7.06. The van der Waals surface area contributed by atoms with E-state index in [0.717, 1.165) is 39.1 Å². The van der Waals surface area contributed by atoms with Crippen LogP contribution in [0.15, 0.2) is 54.6 Å². The van der Waals surface area contributed by atoms with Crippen molar-refractivity contribution < 1.29 is 9.53 Å². The minimum Gasteiger partial charge on any atom is -0.371 e. The molecule has 4 nitrogen and oxygen atoms in total. The summed E-state index contributed by atoms with van der Waals surface area (Å²) < 4.78 is 5.90. The number of hydrogen-bond acceptors (Lipinski definition) is 3. The quantitative estimate of drug-likeness (QED) is 0.749. The summed E-state index contributed by atoms with van der Waals surface area (Å²) in [7, 11) is 0. The molecule has 2 aromatic rings. The molecular weight excluding hydrogens is 348 g/mol. The highest BCUT2D eigenvalue weighted by Gasteiger charge is 2.21. The molecule has 1 aliphatic heterocycles. The van der Waals surface area contributed by atoms with Crippen molar-refractivity contribution in [1.82, 2.24) is 10.2 Å². The van der Waals surface area contributed by atoms with Crippen LogP contribution in [-0.4, -0.2) is 43.6 Å². The Morgan fingerprint density at radius 3 is 2.69 bits per heavy atom. The van der Waals surface area contributed by atoms with Crippen LogP contribution in [0.5, 0.6) is 0 Å². The van der Waals surface area contributed by atoms with E-state index in [1.165, 1.54) is 5.56 Å². The first-order valence-electron chi connectivity index (χ1n) is 9.15. The maximum atomic E-state index is 12.1. The molecule has 1 amide bonds. The topological polar surface area (TPSA) is 41.6 Å². The van der Waals surface area contributed by atoms with Crippen LogP contribution in [0.1, 0.15) is 34.9 Å². The monoisotopic (exact) mass is 372 g/mol. The van der Waals surface area contributed by atoms with Gasteiger partial charge in [0.2, 0.25) is 0 Å². The molecule has 138 valence electrons. The molecule has 0 saturated carbocycles. The number of halogens is 1. The number of morpholine rings is 1. The number of nitrogens with one attached hydrogen (secondary N) is 1. The number of carbonyl (C=O) groups is 1. The second-order valence-corrected chi connectivity index (χ2v) is 6.92. The summed E-state index contributed by atoms with van der Waals surface area (Å²) in [5.74, 6) is -0.105. The lowest BCUT2D eigenvalue weighted by Gasteiger charge is -2.33. The average Bonchev–Trinajstić information content (AvgIpc) is 2.69. The highest BCUT2D eigenvalue weighted by Crippen LogP contribution is 2.22. The summed E-state index contributed by atoms with van der Waals surface area (Å²) in [4.78, 5) is 14.5. The highest BCUT2D eigenvalue weighted by atomic mass is 35.5. The molecule has 1 fully saturated rings. The lowest BCUT2D eigenvalue weighted by atomic mass is 10.1. The van der Waals surface area contributed by atoms with Gasteiger partial charge in [0, 0.05) is 19.6 Å². The van der Waals surface area contributed by atoms with Crippen LogP contribution in [0.25, 0.3) is 0 Å². The number of amides is 1. The molecule has 2 aromatic carbocycles. The number of carbonyl (C=O) groups excluding carboxylic acids is 1. The second kappa shape index (κ2) is 9.72. The van der Waals surface area contributed by atoms with Crippen molar-refractivity contribution in [3.63, 3.8) is 0 Å². The molecule has 0 bridgehead atoms. The van der Waals surface area contributed by atoms with Crippen molar-refractivity contribution in [1.29, 1.82) is 0 Å². The molecule has 1 aliphatic rings. The van der Waals surface area contributed by atoms with Gasteiger partial charge in [-0.25, -0.2) is 0 Å². The van der Waals surface area contributed by atoms with Gasteiger partial charge < -0.3 is 10.1 Å². The van der Waals surface area contributed by atoms with E-state index in [0.29, 0.717) is 17.1 Å². The van der Waals surface area contributed by atoms with Crippen molar-refractivity contribution in [3.8, 4) is 0 Å². The van der Waals surface area contributed by atoms with Gasteiger partial charge in [-0.2, -0.15) is 0 Å². The molecule has 1 N–H and O–H groups in total. The lowest BCUT2D eigenvalue weighted by molar-refractivity contribution is -0.0303. The molecule has 0 spiro atoms. The number of nitrogens with zero attached hydrogens (tertiary/aromatic N) is 1. The van der Waals surface area contributed by atoms with Gasteiger partial charge >= 0.3 is 0 Å². The van der Waals surface area contributed by atoms with Crippen molar-refractivity contribution >= 4 is 17.5 Å². The molecule has 0 aliphatic carbocycles. The first kappa shape index (κ1) is 18.9. The van der Waals surface area contributed by atoms with Crippen molar-refractivity contribution in [2.24, 2.45) is 0 Å². The molecule has 0 aromatic heterocycles. The van der Waals surface area contributed by atoms with E-state index in [4.69, 9.17) is 16.3 Å². The Hall–Kier alpha value is -1.88. The fraction of sp³-hybridized carbons (Fsp3) is 0.381. The predicted molar refractivity (Wildman–Crippen MR) is 105 cm³/mol. The van der Waals surface area contributed by atoms with Crippen molar-refractivity contribution in [2.75, 3.05) is 32.8 Å². The van der Waals surface area contributed by atoms with Gasteiger partial charge in [0.15, 0.2) is 0 Å². The zero-order valence-electron chi connectivity index (χ0n) is 14.9. The van der Waals surface area contributed by atoms with E-state index in [1.54, 1.807) is 12.1 Å². The van der Waals surface area contributed by atoms with Gasteiger partial charge in [-0.3, -0.25) is 9.69 Å². The first-order chi connectivity index (χ1) is 12.7. The van der Waals surface area contributed by atoms with E-state index in [1.807, 2.05) is 18.2 Å². The van der Waals surface area contributed by atoms with E-state index in [-0.39, 0.29) is 12.0 Å². The SMILES string of the molecule is O=C(NCCCCN1CCOC(c2ccccc2)C1)c1ccccc1Cl. The lowest BCUT2D eigenvalue weighted by Crippen LogP contribution is -2.39. The van der Waals surface area contributed by atoms with E-state index in [9.17, 15) is 4.79 Å². The van der Waals surface area contributed by atoms with Crippen LogP contribution in [-0.2, 0) is 4.74 Å². The fourth-order valence-electron chi connectivity index (χ4n) is 3.18. The van der Waals surface area contributed by atoms with Gasteiger partial charge in [0.1, 0.15) is 0 Å². The minimum absolute atomic E-state index is 0.105. The second-order valence-electron chi connectivity index (χ2n) is 6.51. The highest BCUT2D eigenvalue weighted by molar-refractivity contribution is 6.33. The van der Waals surface area contributed by atoms with E-state index < -0.39 is 0 Å². The van der Waals surface area contributed by atoms with Gasteiger partial charge in [0.25, 0.3) is 5.91 Å². The van der Waals surface area contributed by atoms with Gasteiger partial charge in [-0.1, -0.05) is 54.1 Å². The van der Waals surface area contributed by atoms with Gasteiger partial charge in [-0.15, -0.1) is 0 Å². The maximum Gasteiger partial charge on any atom is 0.252 e. The molecular formula is C21H25ClN2O2. The largest absolute Gasteiger partial charge is 0.371 e. The van der Waals surface area contributed by atoms with E-state index in [2.05, 4.69) is 34.5 Å². The number of unbranched alkanes of at least 4 members (excludes halogenated alkanes) is 1. The van der Waals surface area contributed by atoms with Crippen LogP contribution in [0.4, 0.5) is 0 Å². The summed E-state index contributed by atoms with van der Waals surface area (Å²) >= 11 is 6.05. The normalized spacial score (nSPS) is 17.8. The third kappa shape index (κ3) is 5.31. The van der Waals surface area contributed by atoms with E-state index >= 15 is 0 Å². The third-order valence-electron chi connectivity index (χ3n) is 4.63. The first-order valence-corrected chi connectivity index (χ1v) is 9.53. The van der Waals surface area contributed by atoms with Crippen LogP contribution in [0.2, 0.25) is 5.02 Å².